The fraction of sp³-hybridized carbons (Fsp3) is 0.379. The second-order valence-electron chi connectivity index (χ2n) is 9.58. The average Bonchev–Trinajstić information content (AvgIpc) is 2.82. The second kappa shape index (κ2) is 13.8. The van der Waals surface area contributed by atoms with Crippen molar-refractivity contribution in [2.45, 2.75) is 52.0 Å². The van der Waals surface area contributed by atoms with Crippen LogP contribution in [0.2, 0.25) is 0 Å². The van der Waals surface area contributed by atoms with E-state index in [1.54, 1.807) is 0 Å². The molecule has 5 nitrogen and oxygen atoms in total. The third-order valence-corrected chi connectivity index (χ3v) is 7.33. The molecule has 0 spiro atoms. The van der Waals surface area contributed by atoms with Crippen molar-refractivity contribution in [2.24, 2.45) is 0 Å². The lowest BCUT2D eigenvalue weighted by atomic mass is 9.87. The summed E-state index contributed by atoms with van der Waals surface area (Å²) in [6.07, 6.45) is 2.45. The maximum atomic E-state index is 13.9. The molecule has 3 aromatic carbocycles. The highest BCUT2D eigenvalue weighted by Crippen LogP contribution is 2.34. The minimum Gasteiger partial charge on any atom is -0.494 e. The van der Waals surface area contributed by atoms with Crippen molar-refractivity contribution in [3.63, 3.8) is 0 Å². The first-order chi connectivity index (χ1) is 17.6. The molecular formula is C29H36F2NO4P. The van der Waals surface area contributed by atoms with Crippen LogP contribution in [0, 0.1) is 25.5 Å². The number of hydrogen-bond donors (Lipinski definition) is 3. The molecule has 0 radical (unpaired) electrons. The van der Waals surface area contributed by atoms with E-state index >= 15 is 0 Å². The Hall–Kier alpha value is -2.57. The van der Waals surface area contributed by atoms with Gasteiger partial charge in [-0.3, -0.25) is 4.57 Å². The van der Waals surface area contributed by atoms with Crippen LogP contribution in [0.3, 0.4) is 0 Å². The number of hydrogen-bond acceptors (Lipinski definition) is 3. The minimum atomic E-state index is -3.94. The lowest BCUT2D eigenvalue weighted by Gasteiger charge is -2.19. The molecule has 0 saturated carbocycles. The number of benzene rings is 3. The van der Waals surface area contributed by atoms with Crippen molar-refractivity contribution in [3.8, 4) is 5.75 Å². The summed E-state index contributed by atoms with van der Waals surface area (Å²) in [5.41, 5.74) is 5.26. The van der Waals surface area contributed by atoms with Gasteiger partial charge in [-0.05, 0) is 104 Å². The topological polar surface area (TPSA) is 78.8 Å². The van der Waals surface area contributed by atoms with Crippen molar-refractivity contribution >= 4 is 7.60 Å². The van der Waals surface area contributed by atoms with Crippen LogP contribution in [0.25, 0.3) is 0 Å². The van der Waals surface area contributed by atoms with Crippen molar-refractivity contribution in [2.75, 3.05) is 19.3 Å². The first-order valence-corrected chi connectivity index (χ1v) is 14.4. The summed E-state index contributed by atoms with van der Waals surface area (Å²) in [6, 6.07) is 17.7. The molecule has 3 aromatic rings. The Bertz CT molecular complexity index is 1180. The van der Waals surface area contributed by atoms with Crippen molar-refractivity contribution < 1.29 is 27.9 Å². The van der Waals surface area contributed by atoms with Gasteiger partial charge in [0.1, 0.15) is 17.4 Å². The molecule has 0 bridgehead atoms. The Balaban J connectivity index is 1.50. The van der Waals surface area contributed by atoms with Gasteiger partial charge in [0, 0.05) is 12.6 Å². The highest BCUT2D eigenvalue weighted by atomic mass is 31.2. The van der Waals surface area contributed by atoms with E-state index in [2.05, 4.69) is 37.4 Å². The first kappa shape index (κ1) is 29.0. The normalized spacial score (nSPS) is 12.5. The summed E-state index contributed by atoms with van der Waals surface area (Å²) >= 11 is 0. The van der Waals surface area contributed by atoms with Gasteiger partial charge >= 0.3 is 7.60 Å². The maximum absolute atomic E-state index is 13.9. The number of aryl methyl sites for hydroxylation is 2. The lowest BCUT2D eigenvalue weighted by molar-refractivity contribution is 0.301. The van der Waals surface area contributed by atoms with E-state index in [-0.39, 0.29) is 12.1 Å². The number of nitrogens with one attached hydrogen (secondary N) is 1. The summed E-state index contributed by atoms with van der Waals surface area (Å²) in [5, 5.41) is 3.17. The van der Waals surface area contributed by atoms with Crippen LogP contribution >= 0.6 is 7.60 Å². The summed E-state index contributed by atoms with van der Waals surface area (Å²) < 4.78 is 44.7. The van der Waals surface area contributed by atoms with E-state index in [1.807, 2.05) is 24.3 Å². The molecule has 0 saturated heterocycles. The summed E-state index contributed by atoms with van der Waals surface area (Å²) in [5.74, 6) is -0.414. The minimum absolute atomic E-state index is 0.0325. The zero-order valence-corrected chi connectivity index (χ0v) is 22.3. The molecule has 0 aromatic heterocycles. The number of halogens is 2. The molecule has 3 N–H and O–H groups in total. The number of ether oxygens (including phenoxy) is 1. The largest absolute Gasteiger partial charge is 0.494 e. The fourth-order valence-electron chi connectivity index (χ4n) is 4.28. The van der Waals surface area contributed by atoms with Gasteiger partial charge in [0.25, 0.3) is 0 Å². The van der Waals surface area contributed by atoms with E-state index in [0.29, 0.717) is 38.1 Å². The van der Waals surface area contributed by atoms with Gasteiger partial charge < -0.3 is 19.8 Å². The van der Waals surface area contributed by atoms with Gasteiger partial charge in [-0.15, -0.1) is 0 Å². The molecule has 0 heterocycles. The van der Waals surface area contributed by atoms with Crippen LogP contribution in [-0.4, -0.2) is 29.1 Å². The Morgan fingerprint density at radius 1 is 0.892 bits per heavy atom. The van der Waals surface area contributed by atoms with Crippen molar-refractivity contribution in [1.29, 1.82) is 0 Å². The third kappa shape index (κ3) is 10.4. The van der Waals surface area contributed by atoms with E-state index in [1.165, 1.54) is 23.3 Å². The number of rotatable bonds is 14. The Labute approximate surface area is 218 Å². The zero-order chi connectivity index (χ0) is 26.8. The quantitative estimate of drug-likeness (QED) is 0.165. The first-order valence-electron chi connectivity index (χ1n) is 12.6. The molecule has 0 amide bonds. The molecule has 1 unspecified atom stereocenters. The van der Waals surface area contributed by atoms with Crippen LogP contribution in [0.1, 0.15) is 53.0 Å². The molecule has 0 fully saturated rings. The summed E-state index contributed by atoms with van der Waals surface area (Å²) in [6.45, 7) is 5.75. The zero-order valence-electron chi connectivity index (χ0n) is 21.4. The van der Waals surface area contributed by atoms with E-state index in [0.717, 1.165) is 35.8 Å². The predicted molar refractivity (Wildman–Crippen MR) is 143 cm³/mol. The van der Waals surface area contributed by atoms with Crippen LogP contribution in [0.15, 0.2) is 60.7 Å². The summed E-state index contributed by atoms with van der Waals surface area (Å²) in [7, 11) is -3.94. The van der Waals surface area contributed by atoms with E-state index in [4.69, 9.17) is 14.5 Å². The molecule has 1 atom stereocenters. The SMILES string of the molecule is Cc1ccc(CC(CCCOc2ccc(CNCCCP(=O)(O)O)cc2)c2cc(F)cc(F)c2)cc1C. The smallest absolute Gasteiger partial charge is 0.325 e. The summed E-state index contributed by atoms with van der Waals surface area (Å²) in [4.78, 5) is 17.8. The van der Waals surface area contributed by atoms with Gasteiger partial charge in [-0.2, -0.15) is 0 Å². The van der Waals surface area contributed by atoms with Crippen LogP contribution in [-0.2, 0) is 17.5 Å². The molecule has 0 aliphatic heterocycles. The Kier molecular flexibility index (Phi) is 10.8. The molecular weight excluding hydrogens is 495 g/mol. The molecule has 0 aliphatic carbocycles. The third-order valence-electron chi connectivity index (χ3n) is 6.43. The van der Waals surface area contributed by atoms with Crippen LogP contribution in [0.5, 0.6) is 5.75 Å². The Morgan fingerprint density at radius 3 is 2.22 bits per heavy atom. The van der Waals surface area contributed by atoms with Crippen molar-refractivity contribution in [3.05, 3.63) is 100 Å². The maximum Gasteiger partial charge on any atom is 0.325 e. The lowest BCUT2D eigenvalue weighted by Crippen LogP contribution is -2.15. The van der Waals surface area contributed by atoms with Gasteiger partial charge in [0.15, 0.2) is 0 Å². The van der Waals surface area contributed by atoms with Gasteiger partial charge in [-0.1, -0.05) is 30.3 Å². The highest BCUT2D eigenvalue weighted by Gasteiger charge is 2.16. The standard InChI is InChI=1S/C29H36F2NO4P/c1-21-6-7-24(15-22(21)2)16-25(26-17-27(30)19-28(31)18-26)5-3-13-36-29-10-8-23(9-11-29)20-32-12-4-14-37(33,34)35/h6-11,15,17-19,25,32H,3-5,12-14,16,20H2,1-2H3,(H2,33,34,35). The van der Waals surface area contributed by atoms with E-state index in [9.17, 15) is 13.3 Å². The van der Waals surface area contributed by atoms with Gasteiger partial charge in [0.2, 0.25) is 0 Å². The Morgan fingerprint density at radius 2 is 1.57 bits per heavy atom. The second-order valence-corrected chi connectivity index (χ2v) is 11.4. The fourth-order valence-corrected chi connectivity index (χ4v) is 4.85. The molecule has 37 heavy (non-hydrogen) atoms. The molecule has 0 aliphatic rings. The molecule has 200 valence electrons. The monoisotopic (exact) mass is 531 g/mol. The van der Waals surface area contributed by atoms with Gasteiger partial charge in [-0.25, -0.2) is 8.78 Å². The highest BCUT2D eigenvalue weighted by molar-refractivity contribution is 7.51. The average molecular weight is 532 g/mol. The van der Waals surface area contributed by atoms with Crippen LogP contribution < -0.4 is 10.1 Å². The molecule has 3 rings (SSSR count). The van der Waals surface area contributed by atoms with Gasteiger partial charge in [0.05, 0.1) is 12.8 Å². The molecule has 8 heteroatoms. The van der Waals surface area contributed by atoms with Crippen LogP contribution in [0.4, 0.5) is 8.78 Å². The van der Waals surface area contributed by atoms with Crippen molar-refractivity contribution in [1.82, 2.24) is 5.32 Å². The van der Waals surface area contributed by atoms with E-state index < -0.39 is 19.2 Å². The predicted octanol–water partition coefficient (Wildman–Crippen LogP) is 6.42.